The molecule has 0 aliphatic heterocycles. The van der Waals surface area contributed by atoms with Gasteiger partial charge in [-0.1, -0.05) is 12.1 Å². The molecule has 0 fully saturated rings. The maximum Gasteiger partial charge on any atom is 0.0976 e. The fourth-order valence-electron chi connectivity index (χ4n) is 1.89. The Balaban J connectivity index is 1.80. The van der Waals surface area contributed by atoms with E-state index >= 15 is 0 Å². The first-order valence-electron chi connectivity index (χ1n) is 5.98. The van der Waals surface area contributed by atoms with E-state index in [1.807, 2.05) is 43.7 Å². The van der Waals surface area contributed by atoms with Crippen molar-refractivity contribution in [2.75, 3.05) is 5.73 Å². The number of nitrogens with two attached hydrogens (primary N) is 1. The van der Waals surface area contributed by atoms with Crippen LogP contribution in [0.4, 0.5) is 5.69 Å². The van der Waals surface area contributed by atoms with Crippen molar-refractivity contribution in [2.45, 2.75) is 6.42 Å². The normalized spacial score (nSPS) is 10.8. The standard InChI is InChI=1S/C14H14N4S/c1-18-8-11(7-16-18)13-9-19-14(17-13)6-10-2-4-12(15)5-3-10/h2-5,7-9H,6,15H2,1H3. The Hall–Kier alpha value is -2.14. The molecule has 0 atom stereocenters. The number of anilines is 1. The molecule has 19 heavy (non-hydrogen) atoms. The predicted octanol–water partition coefficient (Wildman–Crippen LogP) is 2.72. The molecule has 4 nitrogen and oxygen atoms in total. The number of aromatic nitrogens is 3. The summed E-state index contributed by atoms with van der Waals surface area (Å²) in [6.07, 6.45) is 4.65. The SMILES string of the molecule is Cn1cc(-c2csc(Cc3ccc(N)cc3)n2)cn1. The van der Waals surface area contributed by atoms with E-state index in [1.165, 1.54) is 5.56 Å². The van der Waals surface area contributed by atoms with Gasteiger partial charge in [0.05, 0.1) is 16.9 Å². The van der Waals surface area contributed by atoms with Crippen molar-refractivity contribution >= 4 is 17.0 Å². The van der Waals surface area contributed by atoms with Crippen LogP contribution in [0.25, 0.3) is 11.3 Å². The third-order valence-electron chi connectivity index (χ3n) is 2.89. The lowest BCUT2D eigenvalue weighted by atomic mass is 10.1. The lowest BCUT2D eigenvalue weighted by molar-refractivity contribution is 0.768. The monoisotopic (exact) mass is 270 g/mol. The smallest absolute Gasteiger partial charge is 0.0976 e. The Morgan fingerprint density at radius 2 is 2.05 bits per heavy atom. The molecule has 2 N–H and O–H groups in total. The van der Waals surface area contributed by atoms with E-state index < -0.39 is 0 Å². The van der Waals surface area contributed by atoms with Crippen LogP contribution < -0.4 is 5.73 Å². The highest BCUT2D eigenvalue weighted by molar-refractivity contribution is 7.10. The molecule has 2 aromatic heterocycles. The number of aryl methyl sites for hydroxylation is 1. The summed E-state index contributed by atoms with van der Waals surface area (Å²) < 4.78 is 1.79. The third-order valence-corrected chi connectivity index (χ3v) is 3.74. The molecule has 96 valence electrons. The van der Waals surface area contributed by atoms with Gasteiger partial charge in [-0.15, -0.1) is 11.3 Å². The second-order valence-corrected chi connectivity index (χ2v) is 5.39. The maximum absolute atomic E-state index is 5.68. The predicted molar refractivity (Wildman–Crippen MR) is 78.0 cm³/mol. The quantitative estimate of drug-likeness (QED) is 0.744. The van der Waals surface area contributed by atoms with Crippen LogP contribution in [0.2, 0.25) is 0 Å². The number of benzene rings is 1. The van der Waals surface area contributed by atoms with Crippen molar-refractivity contribution in [1.82, 2.24) is 14.8 Å². The van der Waals surface area contributed by atoms with Gasteiger partial charge >= 0.3 is 0 Å². The molecule has 2 heterocycles. The Kier molecular flexibility index (Phi) is 3.05. The van der Waals surface area contributed by atoms with Gasteiger partial charge in [0.15, 0.2) is 0 Å². The fourth-order valence-corrected chi connectivity index (χ4v) is 2.73. The molecular weight excluding hydrogens is 256 g/mol. The van der Waals surface area contributed by atoms with Crippen LogP contribution in [0.3, 0.4) is 0 Å². The van der Waals surface area contributed by atoms with Crippen LogP contribution in [-0.4, -0.2) is 14.8 Å². The molecule has 0 unspecified atom stereocenters. The Morgan fingerprint density at radius 3 is 2.74 bits per heavy atom. The van der Waals surface area contributed by atoms with Gasteiger partial charge in [-0.25, -0.2) is 4.98 Å². The van der Waals surface area contributed by atoms with E-state index in [0.717, 1.165) is 28.4 Å². The molecule has 0 radical (unpaired) electrons. The molecular formula is C14H14N4S. The summed E-state index contributed by atoms with van der Waals surface area (Å²) in [5, 5.41) is 7.34. The van der Waals surface area contributed by atoms with Gasteiger partial charge in [0.2, 0.25) is 0 Å². The molecule has 3 aromatic rings. The van der Waals surface area contributed by atoms with E-state index in [9.17, 15) is 0 Å². The van der Waals surface area contributed by atoms with Gasteiger partial charge in [0, 0.05) is 36.3 Å². The Morgan fingerprint density at radius 1 is 1.26 bits per heavy atom. The molecule has 5 heteroatoms. The number of nitrogen functional groups attached to an aromatic ring is 1. The molecule has 3 rings (SSSR count). The summed E-state index contributed by atoms with van der Waals surface area (Å²) >= 11 is 1.67. The van der Waals surface area contributed by atoms with Crippen LogP contribution in [0.5, 0.6) is 0 Å². The van der Waals surface area contributed by atoms with Gasteiger partial charge < -0.3 is 5.73 Å². The van der Waals surface area contributed by atoms with Crippen LogP contribution in [0, 0.1) is 0 Å². The largest absolute Gasteiger partial charge is 0.399 e. The zero-order valence-electron chi connectivity index (χ0n) is 10.6. The minimum absolute atomic E-state index is 0.791. The van der Waals surface area contributed by atoms with E-state index in [4.69, 9.17) is 5.73 Å². The van der Waals surface area contributed by atoms with E-state index in [1.54, 1.807) is 16.0 Å². The van der Waals surface area contributed by atoms with Crippen molar-refractivity contribution < 1.29 is 0 Å². The first-order valence-corrected chi connectivity index (χ1v) is 6.86. The summed E-state index contributed by atoms with van der Waals surface area (Å²) in [7, 11) is 1.91. The highest BCUT2D eigenvalue weighted by Gasteiger charge is 2.07. The minimum Gasteiger partial charge on any atom is -0.399 e. The molecule has 0 saturated carbocycles. The number of hydrogen-bond acceptors (Lipinski definition) is 4. The van der Waals surface area contributed by atoms with Crippen LogP contribution in [-0.2, 0) is 13.5 Å². The number of hydrogen-bond donors (Lipinski definition) is 1. The van der Waals surface area contributed by atoms with Crippen LogP contribution in [0.15, 0.2) is 42.0 Å². The lowest BCUT2D eigenvalue weighted by Crippen LogP contribution is -1.89. The zero-order valence-corrected chi connectivity index (χ0v) is 11.4. The topological polar surface area (TPSA) is 56.7 Å². The fraction of sp³-hybridized carbons (Fsp3) is 0.143. The molecule has 0 aliphatic carbocycles. The highest BCUT2D eigenvalue weighted by atomic mass is 32.1. The molecule has 0 amide bonds. The van der Waals surface area contributed by atoms with E-state index in [2.05, 4.69) is 15.5 Å². The summed E-state index contributed by atoms with van der Waals surface area (Å²) in [6.45, 7) is 0. The first-order chi connectivity index (χ1) is 9.20. The second kappa shape index (κ2) is 4.85. The molecule has 0 spiro atoms. The third kappa shape index (κ3) is 2.66. The van der Waals surface area contributed by atoms with Crippen molar-refractivity contribution in [3.05, 3.63) is 52.6 Å². The zero-order chi connectivity index (χ0) is 13.2. The maximum atomic E-state index is 5.68. The lowest BCUT2D eigenvalue weighted by Gasteiger charge is -1.98. The minimum atomic E-state index is 0.791. The van der Waals surface area contributed by atoms with E-state index in [-0.39, 0.29) is 0 Å². The van der Waals surface area contributed by atoms with E-state index in [0.29, 0.717) is 0 Å². The van der Waals surface area contributed by atoms with Gasteiger partial charge in [0.1, 0.15) is 0 Å². The summed E-state index contributed by atoms with van der Waals surface area (Å²) in [4.78, 5) is 4.65. The summed E-state index contributed by atoms with van der Waals surface area (Å²) in [5.74, 6) is 0. The Bertz CT molecular complexity index is 682. The van der Waals surface area contributed by atoms with Gasteiger partial charge in [-0.3, -0.25) is 4.68 Å². The summed E-state index contributed by atoms with van der Waals surface area (Å²) in [5.41, 5.74) is 9.74. The number of nitrogens with zero attached hydrogens (tertiary/aromatic N) is 3. The number of rotatable bonds is 3. The van der Waals surface area contributed by atoms with Crippen molar-refractivity contribution in [1.29, 1.82) is 0 Å². The molecule has 0 aliphatic rings. The van der Waals surface area contributed by atoms with Gasteiger partial charge in [0.25, 0.3) is 0 Å². The van der Waals surface area contributed by atoms with Crippen LogP contribution >= 0.6 is 11.3 Å². The van der Waals surface area contributed by atoms with Crippen molar-refractivity contribution in [3.63, 3.8) is 0 Å². The van der Waals surface area contributed by atoms with Crippen LogP contribution in [0.1, 0.15) is 10.6 Å². The van der Waals surface area contributed by atoms with Gasteiger partial charge in [-0.05, 0) is 17.7 Å². The first kappa shape index (κ1) is 11.9. The molecule has 0 saturated heterocycles. The molecule has 0 bridgehead atoms. The summed E-state index contributed by atoms with van der Waals surface area (Å²) in [6, 6.07) is 7.93. The van der Waals surface area contributed by atoms with Crippen molar-refractivity contribution in [2.24, 2.45) is 7.05 Å². The highest BCUT2D eigenvalue weighted by Crippen LogP contribution is 2.23. The van der Waals surface area contributed by atoms with Crippen molar-refractivity contribution in [3.8, 4) is 11.3 Å². The molecule has 1 aromatic carbocycles. The van der Waals surface area contributed by atoms with Gasteiger partial charge in [-0.2, -0.15) is 5.10 Å². The Labute approximate surface area is 115 Å². The average molecular weight is 270 g/mol. The second-order valence-electron chi connectivity index (χ2n) is 4.45. The average Bonchev–Trinajstić information content (AvgIpc) is 3.01. The number of thiazole rings is 1.